The Labute approximate surface area is 146 Å². The van der Waals surface area contributed by atoms with Gasteiger partial charge in [0.25, 0.3) is 0 Å². The lowest BCUT2D eigenvalue weighted by molar-refractivity contribution is 0.628. The Kier molecular flexibility index (Phi) is 3.14. The maximum atomic E-state index is 13.6. The predicted octanol–water partition coefficient (Wildman–Crippen LogP) is 3.54. The number of aromatic amines is 3. The molecule has 0 atom stereocenters. The normalized spacial score (nSPS) is 11.3. The number of aromatic nitrogens is 7. The number of H-pyrrole nitrogens is 3. The van der Waals surface area contributed by atoms with Gasteiger partial charge in [-0.3, -0.25) is 10.2 Å². The van der Waals surface area contributed by atoms with Crippen molar-refractivity contribution in [3.8, 4) is 33.9 Å². The molecule has 26 heavy (non-hydrogen) atoms. The first-order chi connectivity index (χ1) is 12.8. The van der Waals surface area contributed by atoms with Gasteiger partial charge in [0.05, 0.1) is 17.4 Å². The van der Waals surface area contributed by atoms with Crippen LogP contribution in [0.3, 0.4) is 0 Å². The molecule has 0 fully saturated rings. The van der Waals surface area contributed by atoms with E-state index in [1.165, 1.54) is 12.1 Å². The van der Waals surface area contributed by atoms with Crippen molar-refractivity contribution in [2.24, 2.45) is 0 Å². The summed E-state index contributed by atoms with van der Waals surface area (Å²) >= 11 is 0. The van der Waals surface area contributed by atoms with Crippen molar-refractivity contribution in [3.05, 3.63) is 60.8 Å². The molecule has 0 spiro atoms. The highest BCUT2D eigenvalue weighted by Crippen LogP contribution is 2.29. The summed E-state index contributed by atoms with van der Waals surface area (Å²) in [4.78, 5) is 12.1. The lowest BCUT2D eigenvalue weighted by atomic mass is 10.1. The number of halogens is 1. The molecule has 0 radical (unpaired) electrons. The van der Waals surface area contributed by atoms with E-state index in [2.05, 4.69) is 35.3 Å². The van der Waals surface area contributed by atoms with Gasteiger partial charge in [0.2, 0.25) is 0 Å². The molecule has 0 saturated carbocycles. The summed E-state index contributed by atoms with van der Waals surface area (Å²) in [6.45, 7) is 0. The highest BCUT2D eigenvalue weighted by molar-refractivity contribution is 5.91. The minimum absolute atomic E-state index is 0.287. The summed E-state index contributed by atoms with van der Waals surface area (Å²) in [5.74, 6) is 0.323. The third-order valence-corrected chi connectivity index (χ3v) is 4.15. The van der Waals surface area contributed by atoms with Gasteiger partial charge in [-0.2, -0.15) is 10.2 Å². The van der Waals surface area contributed by atoms with Crippen LogP contribution in [0.5, 0.6) is 0 Å². The van der Waals surface area contributed by atoms with Crippen LogP contribution in [0, 0.1) is 5.82 Å². The van der Waals surface area contributed by atoms with Gasteiger partial charge in [0.15, 0.2) is 11.5 Å². The Hall–Kier alpha value is -3.81. The Bertz CT molecular complexity index is 1200. The smallest absolute Gasteiger partial charge is 0.178 e. The Morgan fingerprint density at radius 2 is 2.00 bits per heavy atom. The molecular formula is C18H12FN7. The second-order valence-corrected chi connectivity index (χ2v) is 5.81. The SMILES string of the molecule is Fc1cccc(-c2ccnc3nc(-c4cc(-c5cn[nH]c5)n[nH]4)[nH]c23)c1. The van der Waals surface area contributed by atoms with Crippen LogP contribution in [0.4, 0.5) is 4.39 Å². The number of imidazole rings is 1. The molecule has 0 aliphatic carbocycles. The number of pyridine rings is 1. The third kappa shape index (κ3) is 2.35. The van der Waals surface area contributed by atoms with Crippen LogP contribution in [0.1, 0.15) is 0 Å². The zero-order valence-electron chi connectivity index (χ0n) is 13.4. The van der Waals surface area contributed by atoms with Crippen molar-refractivity contribution in [2.75, 3.05) is 0 Å². The lowest BCUT2D eigenvalue weighted by Gasteiger charge is -2.02. The van der Waals surface area contributed by atoms with Crippen LogP contribution < -0.4 is 0 Å². The van der Waals surface area contributed by atoms with E-state index in [4.69, 9.17) is 0 Å². The number of nitrogens with one attached hydrogen (secondary N) is 3. The molecule has 5 aromatic rings. The quantitative estimate of drug-likeness (QED) is 0.466. The van der Waals surface area contributed by atoms with E-state index in [0.717, 1.165) is 33.6 Å². The Balaban J connectivity index is 1.62. The predicted molar refractivity (Wildman–Crippen MR) is 94.4 cm³/mol. The summed E-state index contributed by atoms with van der Waals surface area (Å²) < 4.78 is 13.6. The van der Waals surface area contributed by atoms with Gasteiger partial charge in [0.1, 0.15) is 11.5 Å². The number of nitrogens with zero attached hydrogens (tertiary/aromatic N) is 4. The van der Waals surface area contributed by atoms with Gasteiger partial charge in [-0.15, -0.1) is 0 Å². The maximum absolute atomic E-state index is 13.6. The van der Waals surface area contributed by atoms with Crippen LogP contribution in [-0.2, 0) is 0 Å². The van der Waals surface area contributed by atoms with Crippen molar-refractivity contribution in [3.63, 3.8) is 0 Å². The fourth-order valence-corrected chi connectivity index (χ4v) is 2.92. The average Bonchev–Trinajstić information content (AvgIpc) is 3.39. The van der Waals surface area contributed by atoms with Crippen molar-refractivity contribution >= 4 is 11.2 Å². The van der Waals surface area contributed by atoms with E-state index in [9.17, 15) is 4.39 Å². The van der Waals surface area contributed by atoms with Gasteiger partial charge in [-0.05, 0) is 29.8 Å². The zero-order valence-corrected chi connectivity index (χ0v) is 13.4. The summed E-state index contributed by atoms with van der Waals surface area (Å²) in [6.07, 6.45) is 5.13. The van der Waals surface area contributed by atoms with Gasteiger partial charge >= 0.3 is 0 Å². The van der Waals surface area contributed by atoms with Crippen molar-refractivity contribution in [1.82, 2.24) is 35.3 Å². The molecule has 0 amide bonds. The van der Waals surface area contributed by atoms with E-state index in [1.807, 2.05) is 18.2 Å². The molecule has 126 valence electrons. The van der Waals surface area contributed by atoms with Gasteiger partial charge in [-0.25, -0.2) is 14.4 Å². The fourth-order valence-electron chi connectivity index (χ4n) is 2.92. The molecule has 4 aromatic heterocycles. The molecule has 4 heterocycles. The summed E-state index contributed by atoms with van der Waals surface area (Å²) in [5.41, 5.74) is 5.26. The second-order valence-electron chi connectivity index (χ2n) is 5.81. The summed E-state index contributed by atoms with van der Waals surface area (Å²) in [7, 11) is 0. The van der Waals surface area contributed by atoms with Crippen molar-refractivity contribution in [1.29, 1.82) is 0 Å². The summed E-state index contributed by atoms with van der Waals surface area (Å²) in [6, 6.07) is 10.2. The zero-order chi connectivity index (χ0) is 17.5. The monoisotopic (exact) mass is 345 g/mol. The van der Waals surface area contributed by atoms with Gasteiger partial charge in [0, 0.05) is 23.5 Å². The van der Waals surface area contributed by atoms with Crippen LogP contribution >= 0.6 is 0 Å². The van der Waals surface area contributed by atoms with Crippen LogP contribution in [0.2, 0.25) is 0 Å². The number of rotatable bonds is 3. The second kappa shape index (κ2) is 5.62. The van der Waals surface area contributed by atoms with E-state index >= 15 is 0 Å². The fraction of sp³-hybridized carbons (Fsp3) is 0. The molecule has 8 heteroatoms. The number of hydrogen-bond donors (Lipinski definition) is 3. The van der Waals surface area contributed by atoms with Crippen LogP contribution in [0.15, 0.2) is 55.0 Å². The minimum Gasteiger partial charge on any atom is -0.335 e. The molecule has 1 aromatic carbocycles. The lowest BCUT2D eigenvalue weighted by Crippen LogP contribution is -1.84. The number of fused-ring (bicyclic) bond motifs is 1. The first-order valence-corrected chi connectivity index (χ1v) is 7.93. The first kappa shape index (κ1) is 14.5. The molecule has 0 saturated heterocycles. The Morgan fingerprint density at radius 1 is 1.04 bits per heavy atom. The van der Waals surface area contributed by atoms with Crippen molar-refractivity contribution in [2.45, 2.75) is 0 Å². The third-order valence-electron chi connectivity index (χ3n) is 4.15. The van der Waals surface area contributed by atoms with Crippen LogP contribution in [0.25, 0.3) is 45.1 Å². The molecule has 0 unspecified atom stereocenters. The number of benzene rings is 1. The first-order valence-electron chi connectivity index (χ1n) is 7.93. The average molecular weight is 345 g/mol. The topological polar surface area (TPSA) is 98.9 Å². The maximum Gasteiger partial charge on any atom is 0.178 e. The number of hydrogen-bond acceptors (Lipinski definition) is 4. The van der Waals surface area contributed by atoms with Crippen molar-refractivity contribution < 1.29 is 4.39 Å². The van der Waals surface area contributed by atoms with Gasteiger partial charge < -0.3 is 4.98 Å². The molecule has 5 rings (SSSR count). The highest BCUT2D eigenvalue weighted by Gasteiger charge is 2.14. The van der Waals surface area contributed by atoms with E-state index in [0.29, 0.717) is 11.5 Å². The molecule has 0 bridgehead atoms. The minimum atomic E-state index is -0.287. The largest absolute Gasteiger partial charge is 0.335 e. The molecule has 0 aliphatic rings. The molecular weight excluding hydrogens is 333 g/mol. The van der Waals surface area contributed by atoms with E-state index in [1.54, 1.807) is 24.7 Å². The molecule has 3 N–H and O–H groups in total. The van der Waals surface area contributed by atoms with E-state index in [-0.39, 0.29) is 5.82 Å². The summed E-state index contributed by atoms with van der Waals surface area (Å²) in [5, 5.41) is 13.9. The van der Waals surface area contributed by atoms with Crippen LogP contribution in [-0.4, -0.2) is 35.3 Å². The van der Waals surface area contributed by atoms with E-state index < -0.39 is 0 Å². The Morgan fingerprint density at radius 3 is 2.85 bits per heavy atom. The molecule has 7 nitrogen and oxygen atoms in total. The van der Waals surface area contributed by atoms with Gasteiger partial charge in [-0.1, -0.05) is 12.1 Å². The highest BCUT2D eigenvalue weighted by atomic mass is 19.1. The molecule has 0 aliphatic heterocycles. The standard InChI is InChI=1S/C18H12FN7/c19-12-3-1-2-10(6-12)13-4-5-20-18-16(13)23-17(24-18)15-7-14(25-26-15)11-8-21-22-9-11/h1-9H,(H,21,22)(H,25,26)(H,20,23,24).